The molecule has 128 valence electrons. The number of rotatable bonds is 4. The minimum atomic E-state index is -0.227. The molecular formula is C21H21FN2O. The van der Waals surface area contributed by atoms with Crippen LogP contribution in [0, 0.1) is 11.2 Å². The largest absolute Gasteiger partial charge is 0.396 e. The fourth-order valence-electron chi connectivity index (χ4n) is 3.73. The first-order chi connectivity index (χ1) is 12.2. The third-order valence-electron chi connectivity index (χ3n) is 5.17. The number of pyridine rings is 1. The zero-order valence-corrected chi connectivity index (χ0v) is 14.0. The van der Waals surface area contributed by atoms with Crippen molar-refractivity contribution >= 4 is 16.7 Å². The van der Waals surface area contributed by atoms with Gasteiger partial charge in [0.15, 0.2) is 0 Å². The molecule has 4 rings (SSSR count). The Labute approximate surface area is 146 Å². The van der Waals surface area contributed by atoms with Crippen molar-refractivity contribution in [2.24, 2.45) is 5.41 Å². The van der Waals surface area contributed by atoms with Crippen LogP contribution in [0.15, 0.2) is 60.7 Å². The predicted octanol–water partition coefficient (Wildman–Crippen LogP) is 3.81. The molecule has 2 aromatic carbocycles. The van der Waals surface area contributed by atoms with Crippen molar-refractivity contribution in [2.45, 2.75) is 12.8 Å². The summed E-state index contributed by atoms with van der Waals surface area (Å²) in [6, 6.07) is 18.8. The van der Waals surface area contributed by atoms with Gasteiger partial charge in [-0.3, -0.25) is 0 Å². The molecule has 2 heterocycles. The number of fused-ring (bicyclic) bond motifs is 1. The number of halogens is 1. The fraction of sp³-hybridized carbons (Fsp3) is 0.286. The van der Waals surface area contributed by atoms with E-state index in [0.29, 0.717) is 0 Å². The SMILES string of the molecule is OCC1(Cc2ccc(F)cc2)CCN(c2ccc3ccccc3n2)C1. The standard InChI is InChI=1S/C21H21FN2O/c22-18-8-5-16(6-9-18)13-21(15-25)11-12-24(14-21)20-10-7-17-3-1-2-4-19(17)23-20/h1-10,25H,11-15H2. The minimum absolute atomic E-state index is 0.120. The Kier molecular flexibility index (Phi) is 4.14. The topological polar surface area (TPSA) is 36.4 Å². The first-order valence-electron chi connectivity index (χ1n) is 8.64. The summed E-state index contributed by atoms with van der Waals surface area (Å²) in [6.07, 6.45) is 1.64. The van der Waals surface area contributed by atoms with Crippen LogP contribution in [0.5, 0.6) is 0 Å². The van der Waals surface area contributed by atoms with Gasteiger partial charge in [-0.05, 0) is 48.7 Å². The number of aromatic nitrogens is 1. The van der Waals surface area contributed by atoms with Crippen LogP contribution in [0.1, 0.15) is 12.0 Å². The van der Waals surface area contributed by atoms with Gasteiger partial charge in [0.05, 0.1) is 12.1 Å². The van der Waals surface area contributed by atoms with Gasteiger partial charge in [0, 0.05) is 23.9 Å². The van der Waals surface area contributed by atoms with Crippen molar-refractivity contribution < 1.29 is 9.50 Å². The van der Waals surface area contributed by atoms with Gasteiger partial charge in [0.2, 0.25) is 0 Å². The number of anilines is 1. The van der Waals surface area contributed by atoms with E-state index in [-0.39, 0.29) is 17.8 Å². The molecule has 1 fully saturated rings. The molecule has 1 N–H and O–H groups in total. The Balaban J connectivity index is 1.56. The Hall–Kier alpha value is -2.46. The van der Waals surface area contributed by atoms with Gasteiger partial charge in [-0.1, -0.05) is 30.3 Å². The first kappa shape index (κ1) is 16.0. The van der Waals surface area contributed by atoms with Crippen LogP contribution in [0.2, 0.25) is 0 Å². The van der Waals surface area contributed by atoms with Gasteiger partial charge in [-0.15, -0.1) is 0 Å². The van der Waals surface area contributed by atoms with Gasteiger partial charge >= 0.3 is 0 Å². The number of para-hydroxylation sites is 1. The van der Waals surface area contributed by atoms with Gasteiger partial charge in [0.1, 0.15) is 11.6 Å². The van der Waals surface area contributed by atoms with Crippen molar-refractivity contribution in [1.82, 2.24) is 4.98 Å². The van der Waals surface area contributed by atoms with E-state index in [1.165, 1.54) is 12.1 Å². The number of hydrogen-bond acceptors (Lipinski definition) is 3. The zero-order chi connectivity index (χ0) is 17.3. The molecule has 3 nitrogen and oxygen atoms in total. The lowest BCUT2D eigenvalue weighted by molar-refractivity contribution is 0.144. The van der Waals surface area contributed by atoms with E-state index >= 15 is 0 Å². The molecule has 0 radical (unpaired) electrons. The van der Waals surface area contributed by atoms with E-state index in [0.717, 1.165) is 48.2 Å². The van der Waals surface area contributed by atoms with E-state index < -0.39 is 0 Å². The summed E-state index contributed by atoms with van der Waals surface area (Å²) in [5.74, 6) is 0.725. The number of nitrogens with zero attached hydrogens (tertiary/aromatic N) is 2. The molecule has 0 amide bonds. The Morgan fingerprint density at radius 2 is 1.84 bits per heavy atom. The molecule has 0 saturated carbocycles. The summed E-state index contributed by atoms with van der Waals surface area (Å²) in [6.45, 7) is 1.74. The van der Waals surface area contributed by atoms with Crippen LogP contribution in [0.25, 0.3) is 10.9 Å². The molecule has 0 aliphatic carbocycles. The summed E-state index contributed by atoms with van der Waals surface area (Å²) in [4.78, 5) is 7.01. The lowest BCUT2D eigenvalue weighted by atomic mass is 9.81. The molecule has 1 aliphatic rings. The van der Waals surface area contributed by atoms with Gasteiger partial charge in [-0.25, -0.2) is 9.37 Å². The second-order valence-electron chi connectivity index (χ2n) is 7.00. The molecule has 1 unspecified atom stereocenters. The van der Waals surface area contributed by atoms with E-state index in [1.807, 2.05) is 36.4 Å². The summed E-state index contributed by atoms with van der Waals surface area (Å²) < 4.78 is 13.1. The van der Waals surface area contributed by atoms with Crippen LogP contribution in [0.4, 0.5) is 10.2 Å². The van der Waals surface area contributed by atoms with Gasteiger partial charge < -0.3 is 10.0 Å². The van der Waals surface area contributed by atoms with Crippen LogP contribution in [-0.2, 0) is 6.42 Å². The molecule has 1 atom stereocenters. The lowest BCUT2D eigenvalue weighted by Gasteiger charge is -2.27. The highest BCUT2D eigenvalue weighted by Gasteiger charge is 2.38. The van der Waals surface area contributed by atoms with Crippen LogP contribution in [-0.4, -0.2) is 29.8 Å². The monoisotopic (exact) mass is 336 g/mol. The number of benzene rings is 2. The average molecular weight is 336 g/mol. The van der Waals surface area contributed by atoms with E-state index in [4.69, 9.17) is 4.98 Å². The summed E-state index contributed by atoms with van der Waals surface area (Å²) in [7, 11) is 0. The Morgan fingerprint density at radius 3 is 2.64 bits per heavy atom. The maximum atomic E-state index is 13.1. The van der Waals surface area contributed by atoms with Crippen LogP contribution >= 0.6 is 0 Å². The zero-order valence-electron chi connectivity index (χ0n) is 14.0. The third kappa shape index (κ3) is 3.22. The Morgan fingerprint density at radius 1 is 1.04 bits per heavy atom. The number of aliphatic hydroxyl groups is 1. The Bertz CT molecular complexity index is 880. The van der Waals surface area contributed by atoms with Crippen LogP contribution in [0.3, 0.4) is 0 Å². The summed E-state index contributed by atoms with van der Waals surface area (Å²) >= 11 is 0. The first-order valence-corrected chi connectivity index (χ1v) is 8.64. The third-order valence-corrected chi connectivity index (χ3v) is 5.17. The second kappa shape index (κ2) is 6.45. The van der Waals surface area contributed by atoms with Crippen molar-refractivity contribution in [2.75, 3.05) is 24.6 Å². The van der Waals surface area contributed by atoms with Crippen molar-refractivity contribution in [3.8, 4) is 0 Å². The summed E-state index contributed by atoms with van der Waals surface area (Å²) in [5.41, 5.74) is 1.84. The fourth-order valence-corrected chi connectivity index (χ4v) is 3.73. The average Bonchev–Trinajstić information content (AvgIpc) is 3.08. The molecule has 25 heavy (non-hydrogen) atoms. The highest BCUT2D eigenvalue weighted by atomic mass is 19.1. The molecule has 1 saturated heterocycles. The highest BCUT2D eigenvalue weighted by molar-refractivity contribution is 5.80. The molecule has 0 bridgehead atoms. The molecule has 4 heteroatoms. The van der Waals surface area contributed by atoms with Crippen molar-refractivity contribution in [3.05, 3.63) is 72.0 Å². The molecule has 0 spiro atoms. The number of aliphatic hydroxyl groups excluding tert-OH is 1. The quantitative estimate of drug-likeness (QED) is 0.787. The maximum Gasteiger partial charge on any atom is 0.129 e. The second-order valence-corrected chi connectivity index (χ2v) is 7.00. The molecule has 3 aromatic rings. The molecule has 1 aliphatic heterocycles. The number of hydrogen-bond donors (Lipinski definition) is 1. The normalized spacial score (nSPS) is 20.3. The van der Waals surface area contributed by atoms with Crippen LogP contribution < -0.4 is 4.90 Å². The minimum Gasteiger partial charge on any atom is -0.396 e. The van der Waals surface area contributed by atoms with Crippen molar-refractivity contribution in [1.29, 1.82) is 0 Å². The van der Waals surface area contributed by atoms with E-state index in [2.05, 4.69) is 17.0 Å². The molecule has 1 aromatic heterocycles. The van der Waals surface area contributed by atoms with E-state index in [9.17, 15) is 9.50 Å². The van der Waals surface area contributed by atoms with E-state index in [1.54, 1.807) is 0 Å². The van der Waals surface area contributed by atoms with Gasteiger partial charge in [0.25, 0.3) is 0 Å². The van der Waals surface area contributed by atoms with Gasteiger partial charge in [-0.2, -0.15) is 0 Å². The lowest BCUT2D eigenvalue weighted by Crippen LogP contribution is -2.32. The maximum absolute atomic E-state index is 13.1. The molecular weight excluding hydrogens is 315 g/mol. The van der Waals surface area contributed by atoms with Crippen molar-refractivity contribution in [3.63, 3.8) is 0 Å². The highest BCUT2D eigenvalue weighted by Crippen LogP contribution is 2.36. The predicted molar refractivity (Wildman–Crippen MR) is 98.2 cm³/mol. The smallest absolute Gasteiger partial charge is 0.129 e. The summed E-state index contributed by atoms with van der Waals surface area (Å²) in [5, 5.41) is 11.2.